The summed E-state index contributed by atoms with van der Waals surface area (Å²) in [7, 11) is 0. The monoisotopic (exact) mass is 360 g/mol. The second-order valence-electron chi connectivity index (χ2n) is 7.04. The number of carbonyl (C=O) groups excluding carboxylic acids is 2. The van der Waals surface area contributed by atoms with E-state index >= 15 is 0 Å². The van der Waals surface area contributed by atoms with Crippen LogP contribution in [0, 0.1) is 12.8 Å². The first-order chi connectivity index (χ1) is 12.4. The van der Waals surface area contributed by atoms with E-state index in [1.54, 1.807) is 9.80 Å². The molecule has 26 heavy (non-hydrogen) atoms. The fourth-order valence-electron chi connectivity index (χ4n) is 3.50. The van der Waals surface area contributed by atoms with Gasteiger partial charge in [-0.3, -0.25) is 14.4 Å². The third-order valence-electron chi connectivity index (χ3n) is 4.91. The fraction of sp³-hybridized carbons (Fsp3) is 0.526. The number of rotatable bonds is 5. The molecule has 7 nitrogen and oxygen atoms in total. The number of carboxylic acids is 1. The van der Waals surface area contributed by atoms with Crippen molar-refractivity contribution in [1.29, 1.82) is 0 Å². The molecule has 2 atom stereocenters. The van der Waals surface area contributed by atoms with Crippen LogP contribution in [-0.4, -0.2) is 65.0 Å². The van der Waals surface area contributed by atoms with Gasteiger partial charge in [-0.15, -0.1) is 0 Å². The van der Waals surface area contributed by atoms with Gasteiger partial charge in [0.25, 0.3) is 0 Å². The molecule has 1 aromatic rings. The number of aliphatic carboxylic acids is 1. The van der Waals surface area contributed by atoms with Gasteiger partial charge in [0.05, 0.1) is 25.0 Å². The molecule has 2 fully saturated rings. The minimum atomic E-state index is -0.940. The van der Waals surface area contributed by atoms with Crippen molar-refractivity contribution in [3.05, 3.63) is 35.4 Å². The summed E-state index contributed by atoms with van der Waals surface area (Å²) < 4.78 is 5.41. The van der Waals surface area contributed by atoms with Crippen molar-refractivity contribution in [2.45, 2.75) is 32.4 Å². The molecule has 0 radical (unpaired) electrons. The van der Waals surface area contributed by atoms with E-state index in [9.17, 15) is 14.4 Å². The van der Waals surface area contributed by atoms with Gasteiger partial charge in [0.2, 0.25) is 11.8 Å². The van der Waals surface area contributed by atoms with E-state index in [0.717, 1.165) is 11.1 Å². The van der Waals surface area contributed by atoms with E-state index < -0.39 is 12.1 Å². The Morgan fingerprint density at radius 3 is 2.65 bits per heavy atom. The van der Waals surface area contributed by atoms with Crippen LogP contribution in [0.4, 0.5) is 0 Å². The van der Waals surface area contributed by atoms with Crippen LogP contribution in [0.25, 0.3) is 0 Å². The Balaban J connectivity index is 1.58. The van der Waals surface area contributed by atoms with Gasteiger partial charge in [0, 0.05) is 32.6 Å². The lowest BCUT2D eigenvalue weighted by atomic mass is 10.1. The molecular weight excluding hydrogens is 336 g/mol. The second kappa shape index (κ2) is 7.86. The molecule has 0 saturated carbocycles. The summed E-state index contributed by atoms with van der Waals surface area (Å²) in [6.45, 7) is 3.97. The first-order valence-corrected chi connectivity index (χ1v) is 8.88. The zero-order valence-electron chi connectivity index (χ0n) is 14.9. The number of benzene rings is 1. The van der Waals surface area contributed by atoms with Crippen LogP contribution < -0.4 is 0 Å². The van der Waals surface area contributed by atoms with Crippen LogP contribution in [0.2, 0.25) is 0 Å². The van der Waals surface area contributed by atoms with Gasteiger partial charge in [-0.1, -0.05) is 29.8 Å². The van der Waals surface area contributed by atoms with E-state index in [4.69, 9.17) is 9.84 Å². The van der Waals surface area contributed by atoms with Gasteiger partial charge in [0.15, 0.2) is 0 Å². The molecule has 140 valence electrons. The van der Waals surface area contributed by atoms with Gasteiger partial charge in [-0.25, -0.2) is 0 Å². The lowest BCUT2D eigenvalue weighted by Gasteiger charge is -2.33. The van der Waals surface area contributed by atoms with Crippen LogP contribution in [0.15, 0.2) is 24.3 Å². The predicted octanol–water partition coefficient (Wildman–Crippen LogP) is 1.05. The molecule has 7 heteroatoms. The van der Waals surface area contributed by atoms with Crippen LogP contribution in [0.3, 0.4) is 0 Å². The normalized spacial score (nSPS) is 23.3. The summed E-state index contributed by atoms with van der Waals surface area (Å²) in [4.78, 5) is 39.3. The molecule has 2 heterocycles. The minimum Gasteiger partial charge on any atom is -0.481 e. The Labute approximate surface area is 152 Å². The quantitative estimate of drug-likeness (QED) is 0.848. The average molecular weight is 360 g/mol. The lowest BCUT2D eigenvalue weighted by molar-refractivity contribution is -0.149. The maximum absolute atomic E-state index is 12.8. The molecular formula is C19H24N2O5. The van der Waals surface area contributed by atoms with Crippen molar-refractivity contribution in [1.82, 2.24) is 9.80 Å². The predicted molar refractivity (Wildman–Crippen MR) is 93.3 cm³/mol. The third-order valence-corrected chi connectivity index (χ3v) is 4.91. The molecule has 2 aliphatic heterocycles. The fourth-order valence-corrected chi connectivity index (χ4v) is 3.50. The van der Waals surface area contributed by atoms with Gasteiger partial charge < -0.3 is 19.6 Å². The van der Waals surface area contributed by atoms with Crippen LogP contribution in [-0.2, 0) is 25.7 Å². The number of morpholine rings is 1. The van der Waals surface area contributed by atoms with Gasteiger partial charge >= 0.3 is 5.97 Å². The molecule has 0 spiro atoms. The molecule has 0 unspecified atom stereocenters. The number of amides is 2. The van der Waals surface area contributed by atoms with Crippen molar-refractivity contribution < 1.29 is 24.2 Å². The maximum atomic E-state index is 12.8. The topological polar surface area (TPSA) is 87.2 Å². The Morgan fingerprint density at radius 2 is 1.96 bits per heavy atom. The molecule has 2 aliphatic rings. The molecule has 0 bridgehead atoms. The van der Waals surface area contributed by atoms with Gasteiger partial charge in [0.1, 0.15) is 0 Å². The number of ether oxygens (including phenoxy) is 1. The molecule has 3 rings (SSSR count). The highest BCUT2D eigenvalue weighted by Gasteiger charge is 2.38. The summed E-state index contributed by atoms with van der Waals surface area (Å²) in [5, 5.41) is 8.89. The number of carboxylic acid groups (broad SMARTS) is 1. The van der Waals surface area contributed by atoms with Crippen molar-refractivity contribution >= 4 is 17.8 Å². The highest BCUT2D eigenvalue weighted by atomic mass is 16.5. The van der Waals surface area contributed by atoms with Crippen LogP contribution in [0.1, 0.15) is 24.0 Å². The zero-order valence-corrected chi connectivity index (χ0v) is 14.9. The molecule has 2 saturated heterocycles. The molecule has 0 aromatic heterocycles. The van der Waals surface area contributed by atoms with Crippen LogP contribution in [0.5, 0.6) is 0 Å². The summed E-state index contributed by atoms with van der Waals surface area (Å²) in [5.41, 5.74) is 2.21. The third kappa shape index (κ3) is 4.40. The number of hydrogen-bond acceptors (Lipinski definition) is 4. The van der Waals surface area contributed by atoms with E-state index in [0.29, 0.717) is 26.2 Å². The van der Waals surface area contributed by atoms with E-state index in [1.807, 2.05) is 31.2 Å². The molecule has 0 aliphatic carbocycles. The lowest BCUT2D eigenvalue weighted by Crippen LogP contribution is -2.48. The number of carbonyl (C=O) groups is 3. The van der Waals surface area contributed by atoms with Gasteiger partial charge in [-0.2, -0.15) is 0 Å². The van der Waals surface area contributed by atoms with E-state index in [1.165, 1.54) is 0 Å². The first-order valence-electron chi connectivity index (χ1n) is 8.88. The highest BCUT2D eigenvalue weighted by Crippen LogP contribution is 2.23. The van der Waals surface area contributed by atoms with Crippen molar-refractivity contribution in [3.8, 4) is 0 Å². The standard InChI is InChI=1S/C19H24N2O5/c1-13-2-4-14(5-3-13)10-21-11-15(8-17(21)22)19(25)20-6-7-26-16(12-20)9-18(23)24/h2-5,15-16H,6-12H2,1H3,(H,23,24)/t15-,16+/m0/s1. The Hall–Kier alpha value is -2.41. The van der Waals surface area contributed by atoms with Crippen molar-refractivity contribution in [3.63, 3.8) is 0 Å². The summed E-state index contributed by atoms with van der Waals surface area (Å²) in [6.07, 6.45) is -0.385. The van der Waals surface area contributed by atoms with Crippen molar-refractivity contribution in [2.75, 3.05) is 26.2 Å². The van der Waals surface area contributed by atoms with Crippen molar-refractivity contribution in [2.24, 2.45) is 5.92 Å². The van der Waals surface area contributed by atoms with Crippen LogP contribution >= 0.6 is 0 Å². The zero-order chi connectivity index (χ0) is 18.7. The molecule has 2 amide bonds. The number of hydrogen-bond donors (Lipinski definition) is 1. The minimum absolute atomic E-state index is 0.0146. The summed E-state index contributed by atoms with van der Waals surface area (Å²) >= 11 is 0. The number of nitrogens with zero attached hydrogens (tertiary/aromatic N) is 2. The van der Waals surface area contributed by atoms with Gasteiger partial charge in [-0.05, 0) is 12.5 Å². The SMILES string of the molecule is Cc1ccc(CN2C[C@@H](C(=O)N3CCO[C@H](CC(=O)O)C3)CC2=O)cc1. The summed E-state index contributed by atoms with van der Waals surface area (Å²) in [6, 6.07) is 8.01. The largest absolute Gasteiger partial charge is 0.481 e. The first kappa shape index (κ1) is 18.4. The number of aryl methyl sites for hydroxylation is 1. The summed E-state index contributed by atoms with van der Waals surface area (Å²) in [5.74, 6) is -1.40. The highest BCUT2D eigenvalue weighted by molar-refractivity contribution is 5.89. The Morgan fingerprint density at radius 1 is 1.23 bits per heavy atom. The Kier molecular flexibility index (Phi) is 5.56. The molecule has 1 aromatic carbocycles. The number of likely N-dealkylation sites (tertiary alicyclic amines) is 1. The average Bonchev–Trinajstić information content (AvgIpc) is 2.96. The Bertz CT molecular complexity index is 688. The van der Waals surface area contributed by atoms with E-state index in [-0.39, 0.29) is 37.1 Å². The maximum Gasteiger partial charge on any atom is 0.306 e. The van der Waals surface area contributed by atoms with E-state index in [2.05, 4.69) is 0 Å². The second-order valence-corrected chi connectivity index (χ2v) is 7.04. The molecule has 1 N–H and O–H groups in total. The smallest absolute Gasteiger partial charge is 0.306 e.